The maximum atomic E-state index is 12.4. The number of nitrogens with zero attached hydrogens (tertiary/aromatic N) is 2. The molecule has 7 nitrogen and oxygen atoms in total. The van der Waals surface area contributed by atoms with Gasteiger partial charge in [-0.3, -0.25) is 4.79 Å². The van der Waals surface area contributed by atoms with Crippen molar-refractivity contribution in [1.82, 2.24) is 15.3 Å². The molecule has 1 aliphatic rings. The van der Waals surface area contributed by atoms with Gasteiger partial charge in [0, 0.05) is 18.3 Å². The number of carboxylic acid groups (broad SMARTS) is 1. The molecule has 0 spiro atoms. The smallest absolute Gasteiger partial charge is 0.494 e. The van der Waals surface area contributed by atoms with Crippen molar-refractivity contribution in [2.45, 2.75) is 44.5 Å². The van der Waals surface area contributed by atoms with Crippen molar-refractivity contribution < 1.29 is 32.5 Å². The Morgan fingerprint density at radius 2 is 1.92 bits per heavy atom. The van der Waals surface area contributed by atoms with Crippen molar-refractivity contribution in [1.29, 1.82) is 0 Å². The molecule has 1 atom stereocenters. The van der Waals surface area contributed by atoms with Crippen LogP contribution in [0.25, 0.3) is 11.1 Å². The van der Waals surface area contributed by atoms with E-state index in [9.17, 15) is 18.0 Å². The van der Waals surface area contributed by atoms with E-state index < -0.39 is 12.3 Å². The van der Waals surface area contributed by atoms with Crippen LogP contribution in [-0.2, 0) is 17.8 Å². The summed E-state index contributed by atoms with van der Waals surface area (Å²) >= 11 is 5.96. The highest BCUT2D eigenvalue weighted by atomic mass is 35.5. The molecule has 1 heterocycles. The lowest BCUT2D eigenvalue weighted by Gasteiger charge is -2.13. The van der Waals surface area contributed by atoms with Gasteiger partial charge in [-0.2, -0.15) is 0 Å². The van der Waals surface area contributed by atoms with E-state index in [0.717, 1.165) is 36.1 Å². The van der Waals surface area contributed by atoms with Crippen LogP contribution in [0.2, 0.25) is 5.28 Å². The fourth-order valence-electron chi connectivity index (χ4n) is 4.39. The zero-order valence-corrected chi connectivity index (χ0v) is 20.5. The van der Waals surface area contributed by atoms with Gasteiger partial charge in [0.1, 0.15) is 11.5 Å². The first-order valence-electron chi connectivity index (χ1n) is 11.7. The van der Waals surface area contributed by atoms with Crippen molar-refractivity contribution in [3.63, 3.8) is 0 Å². The number of aryl methyl sites for hydroxylation is 1. The van der Waals surface area contributed by atoms with Crippen LogP contribution in [0, 0.1) is 0 Å². The van der Waals surface area contributed by atoms with E-state index in [4.69, 9.17) is 21.4 Å². The van der Waals surface area contributed by atoms with E-state index in [1.54, 1.807) is 0 Å². The second-order valence-corrected chi connectivity index (χ2v) is 8.98. The third kappa shape index (κ3) is 7.56. The molecule has 0 saturated carbocycles. The number of hydrogen-bond donors (Lipinski definition) is 2. The molecular formula is C26H25ClF3N3O4. The number of carboxylic acids is 1. The van der Waals surface area contributed by atoms with Crippen LogP contribution >= 0.6 is 11.6 Å². The standard InChI is InChI=1S/C26H25ClF3N3O4/c27-25-32-14-22(16-4-6-19(7-5-16)37-26(28,29)30)23(33-25)15-31-10-1-11-36-20-8-9-21-17(12-20)2-3-18(21)13-24(34)35/h4-9,12,14,18,31H,1-3,10-11,13,15H2,(H,34,35)/t18-/m0/s1. The number of fused-ring (bicyclic) bond motifs is 1. The Bertz CT molecular complexity index is 1240. The summed E-state index contributed by atoms with van der Waals surface area (Å²) in [5.41, 5.74) is 4.13. The number of alkyl halides is 3. The molecule has 1 aromatic heterocycles. The maximum Gasteiger partial charge on any atom is 0.573 e. The van der Waals surface area contributed by atoms with E-state index in [1.807, 2.05) is 18.2 Å². The average Bonchev–Trinajstić information content (AvgIpc) is 3.22. The fourth-order valence-corrected chi connectivity index (χ4v) is 4.54. The molecule has 0 aliphatic heterocycles. The van der Waals surface area contributed by atoms with Crippen molar-refractivity contribution in [3.8, 4) is 22.6 Å². The summed E-state index contributed by atoms with van der Waals surface area (Å²) in [5.74, 6) is -0.264. The van der Waals surface area contributed by atoms with Crippen LogP contribution in [0.3, 0.4) is 0 Å². The molecular weight excluding hydrogens is 511 g/mol. The normalized spacial score (nSPS) is 14.9. The number of ether oxygens (including phenoxy) is 2. The quantitative estimate of drug-likeness (QED) is 0.238. The lowest BCUT2D eigenvalue weighted by atomic mass is 9.98. The highest BCUT2D eigenvalue weighted by molar-refractivity contribution is 6.28. The SMILES string of the molecule is O=C(O)C[C@@H]1CCc2cc(OCCCNCc3nc(Cl)ncc3-c3ccc(OC(F)(F)F)cc3)ccc21. The highest BCUT2D eigenvalue weighted by Crippen LogP contribution is 2.37. The Labute approximate surface area is 216 Å². The summed E-state index contributed by atoms with van der Waals surface area (Å²) in [6.07, 6.45) is -0.658. The van der Waals surface area contributed by atoms with Gasteiger partial charge in [-0.1, -0.05) is 18.2 Å². The van der Waals surface area contributed by atoms with Gasteiger partial charge in [-0.15, -0.1) is 13.2 Å². The lowest BCUT2D eigenvalue weighted by Crippen LogP contribution is -2.18. The second kappa shape index (κ2) is 11.8. The number of benzene rings is 2. The predicted molar refractivity (Wildman–Crippen MR) is 131 cm³/mol. The monoisotopic (exact) mass is 535 g/mol. The molecule has 2 aromatic carbocycles. The van der Waals surface area contributed by atoms with E-state index >= 15 is 0 Å². The summed E-state index contributed by atoms with van der Waals surface area (Å²) in [4.78, 5) is 19.3. The van der Waals surface area contributed by atoms with Gasteiger partial charge in [-0.25, -0.2) is 9.97 Å². The molecule has 196 valence electrons. The number of rotatable bonds is 11. The van der Waals surface area contributed by atoms with Crippen LogP contribution in [0.1, 0.15) is 42.0 Å². The lowest BCUT2D eigenvalue weighted by molar-refractivity contribution is -0.274. The van der Waals surface area contributed by atoms with Gasteiger partial charge in [0.25, 0.3) is 0 Å². The topological polar surface area (TPSA) is 93.6 Å². The van der Waals surface area contributed by atoms with E-state index in [1.165, 1.54) is 30.5 Å². The molecule has 2 N–H and O–H groups in total. The summed E-state index contributed by atoms with van der Waals surface area (Å²) in [7, 11) is 0. The number of hydrogen-bond acceptors (Lipinski definition) is 6. The number of carbonyl (C=O) groups is 1. The summed E-state index contributed by atoms with van der Waals surface area (Å²) in [6.45, 7) is 1.50. The second-order valence-electron chi connectivity index (χ2n) is 8.64. The van der Waals surface area contributed by atoms with Crippen molar-refractivity contribution in [3.05, 3.63) is 70.8 Å². The van der Waals surface area contributed by atoms with Crippen LogP contribution in [0.15, 0.2) is 48.7 Å². The molecule has 0 amide bonds. The molecule has 0 fully saturated rings. The number of nitrogens with one attached hydrogen (secondary N) is 1. The molecule has 1 aliphatic carbocycles. The molecule has 0 unspecified atom stereocenters. The first kappa shape index (κ1) is 26.7. The molecule has 3 aromatic rings. The Kier molecular flexibility index (Phi) is 8.50. The van der Waals surface area contributed by atoms with E-state index in [0.29, 0.717) is 36.5 Å². The largest absolute Gasteiger partial charge is 0.573 e. The molecule has 37 heavy (non-hydrogen) atoms. The van der Waals surface area contributed by atoms with Gasteiger partial charge >= 0.3 is 12.3 Å². The van der Waals surface area contributed by atoms with Crippen molar-refractivity contribution in [2.75, 3.05) is 13.2 Å². The Hall–Kier alpha value is -3.37. The minimum atomic E-state index is -4.75. The molecule has 11 heteroatoms. The van der Waals surface area contributed by atoms with Crippen molar-refractivity contribution >= 4 is 17.6 Å². The molecule has 0 radical (unpaired) electrons. The first-order chi connectivity index (χ1) is 17.7. The van der Waals surface area contributed by atoms with Crippen molar-refractivity contribution in [2.24, 2.45) is 0 Å². The van der Waals surface area contributed by atoms with Crippen LogP contribution < -0.4 is 14.8 Å². The third-order valence-electron chi connectivity index (χ3n) is 6.03. The average molecular weight is 536 g/mol. The van der Waals surface area contributed by atoms with Gasteiger partial charge in [-0.05, 0) is 84.3 Å². The zero-order chi connectivity index (χ0) is 26.4. The summed E-state index contributed by atoms with van der Waals surface area (Å²) in [6, 6.07) is 11.3. The van der Waals surface area contributed by atoms with Crippen LogP contribution in [0.5, 0.6) is 11.5 Å². The van der Waals surface area contributed by atoms with Gasteiger partial charge in [0.05, 0.1) is 18.7 Å². The third-order valence-corrected chi connectivity index (χ3v) is 6.22. The Balaban J connectivity index is 1.26. The van der Waals surface area contributed by atoms with E-state index in [-0.39, 0.29) is 23.4 Å². The zero-order valence-electron chi connectivity index (χ0n) is 19.7. The predicted octanol–water partition coefficient (Wildman–Crippen LogP) is 5.76. The number of aliphatic carboxylic acids is 1. The van der Waals surface area contributed by atoms with Gasteiger partial charge in [0.2, 0.25) is 5.28 Å². The summed E-state index contributed by atoms with van der Waals surface area (Å²) < 4.78 is 47.0. The first-order valence-corrected chi connectivity index (χ1v) is 12.1. The van der Waals surface area contributed by atoms with E-state index in [2.05, 4.69) is 20.0 Å². The van der Waals surface area contributed by atoms with Crippen LogP contribution in [-0.4, -0.2) is 40.6 Å². The molecule has 0 bridgehead atoms. The number of halogens is 4. The fraction of sp³-hybridized carbons (Fsp3) is 0.346. The van der Waals surface area contributed by atoms with Gasteiger partial charge < -0.3 is 19.9 Å². The highest BCUT2D eigenvalue weighted by Gasteiger charge is 2.31. The molecule has 0 saturated heterocycles. The van der Waals surface area contributed by atoms with Crippen LogP contribution in [0.4, 0.5) is 13.2 Å². The summed E-state index contributed by atoms with van der Waals surface area (Å²) in [5, 5.41) is 12.4. The molecule has 4 rings (SSSR count). The minimum absolute atomic E-state index is 0.0668. The van der Waals surface area contributed by atoms with Gasteiger partial charge in [0.15, 0.2) is 0 Å². The Morgan fingerprint density at radius 1 is 1.16 bits per heavy atom. The maximum absolute atomic E-state index is 12.4. The number of aromatic nitrogens is 2. The minimum Gasteiger partial charge on any atom is -0.494 e. The Morgan fingerprint density at radius 3 is 2.65 bits per heavy atom.